The molecule has 4 aliphatic rings. The van der Waals surface area contributed by atoms with Gasteiger partial charge in [0.25, 0.3) is 0 Å². The maximum absolute atomic E-state index is 13.2. The summed E-state index contributed by atoms with van der Waals surface area (Å²) in [6.07, 6.45) is 8.71. The molecule has 3 aliphatic heterocycles. The van der Waals surface area contributed by atoms with Crippen molar-refractivity contribution >= 4 is 5.91 Å². The highest BCUT2D eigenvalue weighted by Crippen LogP contribution is 2.40. The van der Waals surface area contributed by atoms with E-state index in [1.807, 2.05) is 0 Å². The first-order valence-electron chi connectivity index (χ1n) is 9.57. The topological polar surface area (TPSA) is 42.0 Å². The summed E-state index contributed by atoms with van der Waals surface area (Å²) in [7, 11) is 0. The fraction of sp³-hybridized carbons (Fsp3) is 0.944. The molecule has 4 fully saturated rings. The van der Waals surface area contributed by atoms with Crippen LogP contribution in [0.1, 0.15) is 44.9 Å². The summed E-state index contributed by atoms with van der Waals surface area (Å²) in [6.45, 7) is 5.55. The van der Waals surface area contributed by atoms with Gasteiger partial charge in [0.2, 0.25) is 5.91 Å². The van der Waals surface area contributed by atoms with E-state index < -0.39 is 0 Å². The van der Waals surface area contributed by atoms with E-state index in [1.54, 1.807) is 0 Å². The zero-order valence-corrected chi connectivity index (χ0v) is 14.1. The molecule has 130 valence electrons. The standard InChI is InChI=1S/C18H30N2O3/c21-18(16-13-15-5-6-17(16)23-15)20(14-3-1-2-4-14)8-7-19-9-11-22-12-10-19/h14-17H,1-13H2/t15-,16+,17-/m1/s1. The predicted molar refractivity (Wildman–Crippen MR) is 87.2 cm³/mol. The summed E-state index contributed by atoms with van der Waals surface area (Å²) >= 11 is 0. The highest BCUT2D eigenvalue weighted by Gasteiger charge is 2.46. The number of rotatable bonds is 5. The van der Waals surface area contributed by atoms with Gasteiger partial charge in [-0.2, -0.15) is 0 Å². The first-order chi connectivity index (χ1) is 11.3. The maximum Gasteiger partial charge on any atom is 0.228 e. The van der Waals surface area contributed by atoms with Crippen LogP contribution in [0.25, 0.3) is 0 Å². The summed E-state index contributed by atoms with van der Waals surface area (Å²) in [4.78, 5) is 17.9. The van der Waals surface area contributed by atoms with Crippen molar-refractivity contribution in [3.05, 3.63) is 0 Å². The third kappa shape index (κ3) is 3.42. The van der Waals surface area contributed by atoms with E-state index in [9.17, 15) is 4.79 Å². The summed E-state index contributed by atoms with van der Waals surface area (Å²) in [5.41, 5.74) is 0. The number of hydrogen-bond donors (Lipinski definition) is 0. The van der Waals surface area contributed by atoms with Crippen molar-refractivity contribution in [2.45, 2.75) is 63.2 Å². The number of carbonyl (C=O) groups is 1. The van der Waals surface area contributed by atoms with Gasteiger partial charge in [0.1, 0.15) is 0 Å². The molecule has 0 spiro atoms. The normalized spacial score (nSPS) is 35.0. The van der Waals surface area contributed by atoms with Crippen LogP contribution in [0.5, 0.6) is 0 Å². The number of hydrogen-bond acceptors (Lipinski definition) is 4. The SMILES string of the molecule is O=C([C@H]1C[C@H]2CC[C@H]1O2)N(CCN1CCOCC1)C1CCCC1. The smallest absolute Gasteiger partial charge is 0.228 e. The van der Waals surface area contributed by atoms with Crippen LogP contribution in [0.2, 0.25) is 0 Å². The van der Waals surface area contributed by atoms with E-state index >= 15 is 0 Å². The van der Waals surface area contributed by atoms with E-state index in [1.165, 1.54) is 25.7 Å². The van der Waals surface area contributed by atoms with Gasteiger partial charge in [-0.05, 0) is 32.1 Å². The lowest BCUT2D eigenvalue weighted by Gasteiger charge is -2.35. The molecule has 0 radical (unpaired) electrons. The van der Waals surface area contributed by atoms with E-state index in [2.05, 4.69) is 9.80 Å². The van der Waals surface area contributed by atoms with Crippen molar-refractivity contribution in [1.29, 1.82) is 0 Å². The van der Waals surface area contributed by atoms with Crippen molar-refractivity contribution in [3.63, 3.8) is 0 Å². The Hall–Kier alpha value is -0.650. The van der Waals surface area contributed by atoms with Crippen LogP contribution < -0.4 is 0 Å². The second-order valence-electron chi connectivity index (χ2n) is 7.64. The van der Waals surface area contributed by atoms with Gasteiger partial charge < -0.3 is 14.4 Å². The molecule has 0 N–H and O–H groups in total. The molecule has 1 aliphatic carbocycles. The van der Waals surface area contributed by atoms with E-state index in [4.69, 9.17) is 9.47 Å². The Morgan fingerprint density at radius 2 is 1.87 bits per heavy atom. The van der Waals surface area contributed by atoms with Gasteiger partial charge in [-0.1, -0.05) is 12.8 Å². The maximum atomic E-state index is 13.2. The molecule has 0 aromatic rings. The van der Waals surface area contributed by atoms with Gasteiger partial charge in [-0.15, -0.1) is 0 Å². The van der Waals surface area contributed by atoms with E-state index in [0.717, 1.165) is 58.7 Å². The number of carbonyl (C=O) groups excluding carboxylic acids is 1. The van der Waals surface area contributed by atoms with Gasteiger partial charge >= 0.3 is 0 Å². The minimum absolute atomic E-state index is 0.138. The highest BCUT2D eigenvalue weighted by atomic mass is 16.5. The lowest BCUT2D eigenvalue weighted by atomic mass is 9.87. The van der Waals surface area contributed by atoms with Crippen molar-refractivity contribution in [2.24, 2.45) is 5.92 Å². The number of nitrogens with zero attached hydrogens (tertiary/aromatic N) is 2. The number of fused-ring (bicyclic) bond motifs is 2. The van der Waals surface area contributed by atoms with Crippen LogP contribution in [-0.2, 0) is 14.3 Å². The molecule has 5 heteroatoms. The van der Waals surface area contributed by atoms with Crippen LogP contribution in [-0.4, -0.2) is 73.3 Å². The number of ether oxygens (including phenoxy) is 2. The Labute approximate surface area is 139 Å². The zero-order chi connectivity index (χ0) is 15.6. The molecule has 4 rings (SSSR count). The fourth-order valence-electron chi connectivity index (χ4n) is 4.87. The largest absolute Gasteiger partial charge is 0.379 e. The average Bonchev–Trinajstić information content (AvgIpc) is 3.33. The molecular weight excluding hydrogens is 292 g/mol. The van der Waals surface area contributed by atoms with Crippen LogP contribution in [0.4, 0.5) is 0 Å². The number of morpholine rings is 1. The van der Waals surface area contributed by atoms with Gasteiger partial charge in [-0.25, -0.2) is 0 Å². The molecule has 1 saturated carbocycles. The molecule has 2 bridgehead atoms. The summed E-state index contributed by atoms with van der Waals surface area (Å²) in [5, 5.41) is 0. The second-order valence-corrected chi connectivity index (χ2v) is 7.64. The molecule has 3 heterocycles. The molecule has 0 unspecified atom stereocenters. The monoisotopic (exact) mass is 322 g/mol. The Kier molecular flexibility index (Phi) is 4.88. The van der Waals surface area contributed by atoms with Crippen LogP contribution in [0.15, 0.2) is 0 Å². The second kappa shape index (κ2) is 7.08. The molecule has 0 aromatic heterocycles. The van der Waals surface area contributed by atoms with Crippen LogP contribution in [0.3, 0.4) is 0 Å². The minimum Gasteiger partial charge on any atom is -0.379 e. The van der Waals surface area contributed by atoms with Crippen molar-refractivity contribution in [3.8, 4) is 0 Å². The summed E-state index contributed by atoms with van der Waals surface area (Å²) < 4.78 is 11.4. The third-order valence-corrected chi connectivity index (χ3v) is 6.23. The highest BCUT2D eigenvalue weighted by molar-refractivity contribution is 5.80. The molecular formula is C18H30N2O3. The van der Waals surface area contributed by atoms with Crippen molar-refractivity contribution in [2.75, 3.05) is 39.4 Å². The first kappa shape index (κ1) is 15.9. The van der Waals surface area contributed by atoms with Gasteiger partial charge in [0.05, 0.1) is 31.3 Å². The average molecular weight is 322 g/mol. The zero-order valence-electron chi connectivity index (χ0n) is 14.1. The molecule has 3 atom stereocenters. The Morgan fingerprint density at radius 1 is 1.09 bits per heavy atom. The van der Waals surface area contributed by atoms with Gasteiger partial charge in [0.15, 0.2) is 0 Å². The molecule has 0 aromatic carbocycles. The predicted octanol–water partition coefficient (Wildman–Crippen LogP) is 1.66. The molecule has 23 heavy (non-hydrogen) atoms. The number of amides is 1. The van der Waals surface area contributed by atoms with Gasteiger partial charge in [0, 0.05) is 32.2 Å². The Morgan fingerprint density at radius 3 is 2.52 bits per heavy atom. The summed E-state index contributed by atoms with van der Waals surface area (Å²) in [5.74, 6) is 0.524. The molecule has 1 amide bonds. The molecule has 5 nitrogen and oxygen atoms in total. The Bertz CT molecular complexity index is 418. The van der Waals surface area contributed by atoms with Gasteiger partial charge in [-0.3, -0.25) is 9.69 Å². The van der Waals surface area contributed by atoms with Crippen LogP contribution in [0, 0.1) is 5.92 Å². The quantitative estimate of drug-likeness (QED) is 0.772. The van der Waals surface area contributed by atoms with Crippen molar-refractivity contribution < 1.29 is 14.3 Å². The summed E-state index contributed by atoms with van der Waals surface area (Å²) in [6, 6.07) is 0.475. The Balaban J connectivity index is 1.39. The lowest BCUT2D eigenvalue weighted by molar-refractivity contribution is -0.140. The fourth-order valence-corrected chi connectivity index (χ4v) is 4.87. The lowest BCUT2D eigenvalue weighted by Crippen LogP contribution is -2.49. The minimum atomic E-state index is 0.138. The van der Waals surface area contributed by atoms with E-state index in [0.29, 0.717) is 18.1 Å². The van der Waals surface area contributed by atoms with Crippen molar-refractivity contribution in [1.82, 2.24) is 9.80 Å². The van der Waals surface area contributed by atoms with E-state index in [-0.39, 0.29) is 12.0 Å². The molecule has 3 saturated heterocycles. The third-order valence-electron chi connectivity index (χ3n) is 6.23. The first-order valence-corrected chi connectivity index (χ1v) is 9.57. The van der Waals surface area contributed by atoms with Crippen LogP contribution >= 0.6 is 0 Å².